The Hall–Kier alpha value is -1.24. The molecular formula is C12H18O. The van der Waals surface area contributed by atoms with Crippen LogP contribution in [0.4, 0.5) is 0 Å². The summed E-state index contributed by atoms with van der Waals surface area (Å²) in [5.41, 5.74) is 0. The molecule has 0 amide bonds. The van der Waals surface area contributed by atoms with Gasteiger partial charge in [-0.25, -0.2) is 0 Å². The molecule has 0 aromatic heterocycles. The van der Waals surface area contributed by atoms with Crippen molar-refractivity contribution in [1.82, 2.24) is 0 Å². The van der Waals surface area contributed by atoms with E-state index in [0.717, 1.165) is 12.8 Å². The van der Waals surface area contributed by atoms with E-state index >= 15 is 0 Å². The molecule has 13 heavy (non-hydrogen) atoms. The van der Waals surface area contributed by atoms with E-state index in [9.17, 15) is 0 Å². The third kappa shape index (κ3) is 10.8. The molecule has 72 valence electrons. The lowest BCUT2D eigenvalue weighted by Crippen LogP contribution is -1.66. The van der Waals surface area contributed by atoms with E-state index in [1.165, 1.54) is 0 Å². The zero-order chi connectivity index (χ0) is 9.78. The zero-order valence-corrected chi connectivity index (χ0v) is 8.44. The first kappa shape index (κ1) is 11.8. The molecule has 1 nitrogen and oxygen atoms in total. The molecule has 0 spiro atoms. The molecule has 0 fully saturated rings. The lowest BCUT2D eigenvalue weighted by Gasteiger charge is -1.87. The maximum Gasteiger partial charge on any atom is 0.0864 e. The molecule has 0 rings (SSSR count). The highest BCUT2D eigenvalue weighted by Crippen LogP contribution is 1.90. The summed E-state index contributed by atoms with van der Waals surface area (Å²) in [6.45, 7) is 4.01. The van der Waals surface area contributed by atoms with Crippen LogP contribution in [0.1, 0.15) is 26.7 Å². The Kier molecular flexibility index (Phi) is 9.73. The lowest BCUT2D eigenvalue weighted by molar-refractivity contribution is 0.400. The van der Waals surface area contributed by atoms with Gasteiger partial charge in [0.1, 0.15) is 0 Å². The van der Waals surface area contributed by atoms with Gasteiger partial charge in [-0.3, -0.25) is 0 Å². The molecule has 0 saturated carbocycles. The minimum Gasteiger partial charge on any atom is -0.473 e. The first-order valence-electron chi connectivity index (χ1n) is 4.59. The molecule has 0 radical (unpaired) electrons. The molecule has 0 unspecified atom stereocenters. The van der Waals surface area contributed by atoms with Crippen molar-refractivity contribution in [3.05, 3.63) is 49.0 Å². The third-order valence-electron chi connectivity index (χ3n) is 1.37. The SMILES string of the molecule is CC=CCC=COC=CCC=CC. The van der Waals surface area contributed by atoms with Crippen LogP contribution in [0.3, 0.4) is 0 Å². The predicted molar refractivity (Wildman–Crippen MR) is 58.2 cm³/mol. The van der Waals surface area contributed by atoms with Gasteiger partial charge in [0.15, 0.2) is 0 Å². The lowest BCUT2D eigenvalue weighted by atomic mass is 10.4. The normalized spacial score (nSPS) is 12.8. The minimum absolute atomic E-state index is 0.930. The highest BCUT2D eigenvalue weighted by Gasteiger charge is 1.71. The van der Waals surface area contributed by atoms with E-state index in [1.54, 1.807) is 12.5 Å². The Balaban J connectivity index is 3.32. The zero-order valence-electron chi connectivity index (χ0n) is 8.44. The summed E-state index contributed by atoms with van der Waals surface area (Å²) in [5, 5.41) is 0. The molecule has 0 aliphatic rings. The minimum atomic E-state index is 0.930. The molecule has 0 bridgehead atoms. The van der Waals surface area contributed by atoms with Gasteiger partial charge in [-0.2, -0.15) is 0 Å². The van der Waals surface area contributed by atoms with Crippen LogP contribution in [-0.2, 0) is 4.74 Å². The first-order valence-corrected chi connectivity index (χ1v) is 4.59. The van der Waals surface area contributed by atoms with Crippen molar-refractivity contribution in [1.29, 1.82) is 0 Å². The smallest absolute Gasteiger partial charge is 0.0864 e. The Morgan fingerprint density at radius 3 is 1.62 bits per heavy atom. The molecule has 1 heteroatoms. The molecule has 0 heterocycles. The highest BCUT2D eigenvalue weighted by molar-refractivity contribution is 4.91. The molecule has 0 aromatic rings. The summed E-state index contributed by atoms with van der Waals surface area (Å²) in [6.07, 6.45) is 17.4. The van der Waals surface area contributed by atoms with Gasteiger partial charge in [-0.05, 0) is 38.8 Å². The van der Waals surface area contributed by atoms with Crippen LogP contribution in [0.25, 0.3) is 0 Å². The number of ether oxygens (including phenoxy) is 1. The van der Waals surface area contributed by atoms with Crippen LogP contribution < -0.4 is 0 Å². The molecule has 0 saturated heterocycles. The van der Waals surface area contributed by atoms with Crippen molar-refractivity contribution in [3.63, 3.8) is 0 Å². The molecular weight excluding hydrogens is 160 g/mol. The largest absolute Gasteiger partial charge is 0.473 e. The van der Waals surface area contributed by atoms with Crippen molar-refractivity contribution >= 4 is 0 Å². The van der Waals surface area contributed by atoms with Crippen LogP contribution in [0.2, 0.25) is 0 Å². The van der Waals surface area contributed by atoms with E-state index in [1.807, 2.05) is 38.2 Å². The second-order valence-corrected chi connectivity index (χ2v) is 2.49. The fourth-order valence-electron chi connectivity index (χ4n) is 0.697. The number of allylic oxidation sites excluding steroid dienone is 6. The summed E-state index contributed by atoms with van der Waals surface area (Å²) in [6, 6.07) is 0. The molecule has 0 aliphatic heterocycles. The third-order valence-corrected chi connectivity index (χ3v) is 1.37. The maximum absolute atomic E-state index is 5.10. The number of hydrogen-bond donors (Lipinski definition) is 0. The Labute approximate surface area is 81.1 Å². The average Bonchev–Trinajstić information content (AvgIpc) is 2.16. The van der Waals surface area contributed by atoms with Gasteiger partial charge in [-0.1, -0.05) is 24.3 Å². The van der Waals surface area contributed by atoms with Crippen LogP contribution in [0.5, 0.6) is 0 Å². The number of hydrogen-bond acceptors (Lipinski definition) is 1. The summed E-state index contributed by atoms with van der Waals surface area (Å²) in [4.78, 5) is 0. The fraction of sp³-hybridized carbons (Fsp3) is 0.333. The van der Waals surface area contributed by atoms with Gasteiger partial charge in [0.2, 0.25) is 0 Å². The standard InChI is InChI=1S/C12H18O/c1-3-5-7-9-11-13-12-10-8-6-4-2/h3-6,9-12H,7-8H2,1-2H3. The summed E-state index contributed by atoms with van der Waals surface area (Å²) >= 11 is 0. The van der Waals surface area contributed by atoms with Crippen LogP contribution in [-0.4, -0.2) is 0 Å². The maximum atomic E-state index is 5.10. The summed E-state index contributed by atoms with van der Waals surface area (Å²) < 4.78 is 5.10. The molecule has 0 N–H and O–H groups in total. The van der Waals surface area contributed by atoms with E-state index in [-0.39, 0.29) is 0 Å². The van der Waals surface area contributed by atoms with Gasteiger partial charge in [0.25, 0.3) is 0 Å². The van der Waals surface area contributed by atoms with Gasteiger partial charge < -0.3 is 4.74 Å². The van der Waals surface area contributed by atoms with Crippen LogP contribution in [0.15, 0.2) is 49.0 Å². The monoisotopic (exact) mass is 178 g/mol. The van der Waals surface area contributed by atoms with Gasteiger partial charge in [0, 0.05) is 0 Å². The van der Waals surface area contributed by atoms with Crippen molar-refractivity contribution in [3.8, 4) is 0 Å². The topological polar surface area (TPSA) is 9.23 Å². The van der Waals surface area contributed by atoms with E-state index < -0.39 is 0 Å². The Morgan fingerprint density at radius 1 is 0.769 bits per heavy atom. The molecule has 0 atom stereocenters. The van der Waals surface area contributed by atoms with Crippen molar-refractivity contribution in [2.45, 2.75) is 26.7 Å². The Morgan fingerprint density at radius 2 is 1.23 bits per heavy atom. The highest BCUT2D eigenvalue weighted by atomic mass is 16.5. The summed E-state index contributed by atoms with van der Waals surface area (Å²) in [7, 11) is 0. The van der Waals surface area contributed by atoms with Crippen molar-refractivity contribution < 1.29 is 4.74 Å². The number of rotatable bonds is 6. The average molecular weight is 178 g/mol. The van der Waals surface area contributed by atoms with Crippen LogP contribution in [0, 0.1) is 0 Å². The first-order chi connectivity index (χ1) is 6.41. The fourth-order valence-corrected chi connectivity index (χ4v) is 0.697. The van der Waals surface area contributed by atoms with E-state index in [0.29, 0.717) is 0 Å². The predicted octanol–water partition coefficient (Wildman–Crippen LogP) is 3.96. The van der Waals surface area contributed by atoms with Gasteiger partial charge in [0.05, 0.1) is 12.5 Å². The second kappa shape index (κ2) is 10.8. The van der Waals surface area contributed by atoms with Gasteiger partial charge in [-0.15, -0.1) is 0 Å². The van der Waals surface area contributed by atoms with Crippen LogP contribution >= 0.6 is 0 Å². The Bertz CT molecular complexity index is 175. The second-order valence-electron chi connectivity index (χ2n) is 2.49. The molecule has 0 aromatic carbocycles. The van der Waals surface area contributed by atoms with E-state index in [4.69, 9.17) is 4.74 Å². The summed E-state index contributed by atoms with van der Waals surface area (Å²) in [5.74, 6) is 0. The van der Waals surface area contributed by atoms with Crippen molar-refractivity contribution in [2.24, 2.45) is 0 Å². The molecule has 0 aliphatic carbocycles. The quantitative estimate of drug-likeness (QED) is 0.442. The van der Waals surface area contributed by atoms with Crippen molar-refractivity contribution in [2.75, 3.05) is 0 Å². The van der Waals surface area contributed by atoms with E-state index in [2.05, 4.69) is 12.2 Å². The van der Waals surface area contributed by atoms with Gasteiger partial charge >= 0.3 is 0 Å².